The lowest BCUT2D eigenvalue weighted by Gasteiger charge is -2.18. The molecule has 0 bridgehead atoms. The van der Waals surface area contributed by atoms with Crippen LogP contribution in [0.2, 0.25) is 0 Å². The predicted molar refractivity (Wildman–Crippen MR) is 270 cm³/mol. The molecule has 368 valence electrons. The fourth-order valence-electron chi connectivity index (χ4n) is 7.94. The molecule has 0 spiro atoms. The lowest BCUT2D eigenvalue weighted by atomic mass is 10.0. The van der Waals surface area contributed by atoms with Gasteiger partial charge >= 0.3 is 17.9 Å². The zero-order valence-corrected chi connectivity index (χ0v) is 42.1. The Hall–Kier alpha value is -2.37. The zero-order chi connectivity index (χ0) is 45.8. The fraction of sp³-hybridized carbons (Fsp3) is 0.842. The molecule has 0 amide bonds. The second-order valence-corrected chi connectivity index (χ2v) is 18.5. The third-order valence-corrected chi connectivity index (χ3v) is 12.1. The molecule has 0 heterocycles. The number of rotatable bonds is 50. The average Bonchev–Trinajstić information content (AvgIpc) is 3.28. The van der Waals surface area contributed by atoms with E-state index in [0.29, 0.717) is 19.3 Å². The molecule has 0 unspecified atom stereocenters. The lowest BCUT2D eigenvalue weighted by Crippen LogP contribution is -2.30. The van der Waals surface area contributed by atoms with Crippen LogP contribution in [0.3, 0.4) is 0 Å². The van der Waals surface area contributed by atoms with Gasteiger partial charge in [0.05, 0.1) is 0 Å². The van der Waals surface area contributed by atoms with E-state index in [-0.39, 0.29) is 31.1 Å². The number of allylic oxidation sites excluding steroid dienone is 6. The van der Waals surface area contributed by atoms with Gasteiger partial charge in [0.15, 0.2) is 6.10 Å². The van der Waals surface area contributed by atoms with E-state index in [1.54, 1.807) is 0 Å². The number of carbonyl (C=O) groups is 3. The minimum absolute atomic E-state index is 0.0758. The van der Waals surface area contributed by atoms with Gasteiger partial charge < -0.3 is 14.2 Å². The van der Waals surface area contributed by atoms with Crippen molar-refractivity contribution in [1.29, 1.82) is 0 Å². The summed E-state index contributed by atoms with van der Waals surface area (Å²) in [6.07, 6.45) is 61.2. The maximum Gasteiger partial charge on any atom is 0.306 e. The van der Waals surface area contributed by atoms with Crippen molar-refractivity contribution in [2.24, 2.45) is 0 Å². The van der Waals surface area contributed by atoms with Crippen LogP contribution >= 0.6 is 0 Å². The first-order valence-electron chi connectivity index (χ1n) is 27.5. The molecule has 63 heavy (non-hydrogen) atoms. The minimum Gasteiger partial charge on any atom is -0.462 e. The predicted octanol–water partition coefficient (Wildman–Crippen LogP) is 18.1. The number of ether oxygens (including phenoxy) is 3. The smallest absolute Gasteiger partial charge is 0.306 e. The van der Waals surface area contributed by atoms with Crippen LogP contribution in [0.1, 0.15) is 290 Å². The van der Waals surface area contributed by atoms with Crippen LogP contribution in [0.25, 0.3) is 0 Å². The first-order chi connectivity index (χ1) is 31.0. The van der Waals surface area contributed by atoms with E-state index in [1.165, 1.54) is 173 Å². The van der Waals surface area contributed by atoms with Crippen LogP contribution in [0.5, 0.6) is 0 Å². The van der Waals surface area contributed by atoms with Gasteiger partial charge in [0.1, 0.15) is 13.2 Å². The van der Waals surface area contributed by atoms with Gasteiger partial charge in [0, 0.05) is 19.3 Å². The molecule has 0 aromatic carbocycles. The second-order valence-electron chi connectivity index (χ2n) is 18.5. The molecule has 0 radical (unpaired) electrons. The van der Waals surface area contributed by atoms with E-state index >= 15 is 0 Å². The van der Waals surface area contributed by atoms with Crippen LogP contribution in [-0.4, -0.2) is 37.2 Å². The van der Waals surface area contributed by atoms with Gasteiger partial charge in [-0.05, 0) is 77.0 Å². The van der Waals surface area contributed by atoms with E-state index < -0.39 is 6.10 Å². The minimum atomic E-state index is -0.775. The van der Waals surface area contributed by atoms with Crippen molar-refractivity contribution < 1.29 is 28.6 Å². The van der Waals surface area contributed by atoms with Crippen molar-refractivity contribution in [3.8, 4) is 0 Å². The Kier molecular flexibility index (Phi) is 50.3. The normalized spacial score (nSPS) is 12.2. The molecule has 0 saturated heterocycles. The molecule has 6 nitrogen and oxygen atoms in total. The Morgan fingerprint density at radius 3 is 0.937 bits per heavy atom. The summed E-state index contributed by atoms with van der Waals surface area (Å²) >= 11 is 0. The lowest BCUT2D eigenvalue weighted by molar-refractivity contribution is -0.167. The first-order valence-corrected chi connectivity index (χ1v) is 27.5. The maximum atomic E-state index is 12.8. The van der Waals surface area contributed by atoms with Crippen molar-refractivity contribution in [1.82, 2.24) is 0 Å². The highest BCUT2D eigenvalue weighted by molar-refractivity contribution is 5.71. The molecule has 0 fully saturated rings. The highest BCUT2D eigenvalue weighted by atomic mass is 16.6. The quantitative estimate of drug-likeness (QED) is 0.0262. The Labute approximate surface area is 391 Å². The van der Waals surface area contributed by atoms with Gasteiger partial charge in [0.2, 0.25) is 0 Å². The third kappa shape index (κ3) is 50.5. The molecule has 1 atom stereocenters. The Morgan fingerprint density at radius 2 is 0.571 bits per heavy atom. The van der Waals surface area contributed by atoms with Crippen LogP contribution in [0.15, 0.2) is 36.5 Å². The van der Waals surface area contributed by atoms with E-state index in [0.717, 1.165) is 77.0 Å². The van der Waals surface area contributed by atoms with E-state index in [9.17, 15) is 14.4 Å². The van der Waals surface area contributed by atoms with Gasteiger partial charge in [-0.2, -0.15) is 0 Å². The molecule has 0 aliphatic rings. The summed E-state index contributed by atoms with van der Waals surface area (Å²) in [6, 6.07) is 0. The van der Waals surface area contributed by atoms with Crippen molar-refractivity contribution >= 4 is 17.9 Å². The zero-order valence-electron chi connectivity index (χ0n) is 42.1. The SMILES string of the molecule is CCCCC/C=C/C/C=C/CCCCCCCCCC(=O)OC[C@@H](COC(=O)CCCCCCC/C=C/CCCCCC)OC(=O)CCCCCCCCCCCCCCCCC. The number of hydrogen-bond acceptors (Lipinski definition) is 6. The molecule has 0 N–H and O–H groups in total. The summed E-state index contributed by atoms with van der Waals surface area (Å²) < 4.78 is 16.8. The molecule has 0 aromatic rings. The Morgan fingerprint density at radius 1 is 0.317 bits per heavy atom. The summed E-state index contributed by atoms with van der Waals surface area (Å²) in [5, 5.41) is 0. The van der Waals surface area contributed by atoms with Crippen LogP contribution in [0.4, 0.5) is 0 Å². The van der Waals surface area contributed by atoms with Gasteiger partial charge in [-0.3, -0.25) is 14.4 Å². The monoisotopic (exact) mass is 885 g/mol. The van der Waals surface area contributed by atoms with E-state index in [4.69, 9.17) is 14.2 Å². The van der Waals surface area contributed by atoms with Gasteiger partial charge in [0.25, 0.3) is 0 Å². The second kappa shape index (κ2) is 52.3. The van der Waals surface area contributed by atoms with Gasteiger partial charge in [-0.25, -0.2) is 0 Å². The molecule has 0 aliphatic heterocycles. The molecular weight excluding hydrogens is 781 g/mol. The summed E-state index contributed by atoms with van der Waals surface area (Å²) in [6.45, 7) is 6.62. The van der Waals surface area contributed by atoms with Crippen LogP contribution in [-0.2, 0) is 28.6 Å². The number of esters is 3. The van der Waals surface area contributed by atoms with Crippen molar-refractivity contribution in [3.05, 3.63) is 36.5 Å². The topological polar surface area (TPSA) is 78.9 Å². The van der Waals surface area contributed by atoms with Gasteiger partial charge in [-0.1, -0.05) is 231 Å². The molecule has 6 heteroatoms. The van der Waals surface area contributed by atoms with Crippen molar-refractivity contribution in [2.45, 2.75) is 297 Å². The molecule has 0 saturated carbocycles. The summed E-state index contributed by atoms with van der Waals surface area (Å²) in [5.74, 6) is -0.877. The Bertz CT molecular complexity index is 1060. The van der Waals surface area contributed by atoms with Crippen LogP contribution in [0, 0.1) is 0 Å². The number of hydrogen-bond donors (Lipinski definition) is 0. The van der Waals surface area contributed by atoms with E-state index in [2.05, 4.69) is 57.2 Å². The summed E-state index contributed by atoms with van der Waals surface area (Å²) in [7, 11) is 0. The highest BCUT2D eigenvalue weighted by Crippen LogP contribution is 2.16. The number of unbranched alkanes of at least 4 members (excludes halogenated alkanes) is 33. The largest absolute Gasteiger partial charge is 0.462 e. The van der Waals surface area contributed by atoms with Crippen molar-refractivity contribution in [3.63, 3.8) is 0 Å². The summed E-state index contributed by atoms with van der Waals surface area (Å²) in [4.78, 5) is 38.0. The van der Waals surface area contributed by atoms with Gasteiger partial charge in [-0.15, -0.1) is 0 Å². The molecule has 0 aliphatic carbocycles. The third-order valence-electron chi connectivity index (χ3n) is 12.1. The van der Waals surface area contributed by atoms with E-state index in [1.807, 2.05) is 0 Å². The average molecular weight is 885 g/mol. The molecule has 0 aromatic heterocycles. The highest BCUT2D eigenvalue weighted by Gasteiger charge is 2.19. The fourth-order valence-corrected chi connectivity index (χ4v) is 7.94. The Balaban J connectivity index is 4.36. The summed E-state index contributed by atoms with van der Waals surface area (Å²) in [5.41, 5.74) is 0. The maximum absolute atomic E-state index is 12.8. The standard InChI is InChI=1S/C57H104O6/c1-4-7-10-13-16-19-22-25-27-28-30-32-35-38-41-44-47-50-56(59)62-53-54(52-61-55(58)49-46-43-40-37-34-31-24-21-18-15-12-9-6-3)63-57(60)51-48-45-42-39-36-33-29-26-23-20-17-14-11-8-5-2/h16,19,21,24-25,27,54H,4-15,17-18,20,22-23,26,28-53H2,1-3H3/b19-16+,24-21+,27-25+/t54-/m1/s1. The van der Waals surface area contributed by atoms with Crippen molar-refractivity contribution in [2.75, 3.05) is 13.2 Å². The first kappa shape index (κ1) is 60.6. The number of carbonyl (C=O) groups excluding carboxylic acids is 3. The molecule has 0 rings (SSSR count). The van der Waals surface area contributed by atoms with Crippen LogP contribution < -0.4 is 0 Å². The molecular formula is C57H104O6.